The number of aromatic nitrogens is 2. The summed E-state index contributed by atoms with van der Waals surface area (Å²) in [7, 11) is 0. The van der Waals surface area contributed by atoms with E-state index in [4.69, 9.17) is 21.8 Å². The van der Waals surface area contributed by atoms with Crippen LogP contribution >= 0.6 is 11.6 Å². The van der Waals surface area contributed by atoms with Gasteiger partial charge in [0.2, 0.25) is 0 Å². The monoisotopic (exact) mass is 502 g/mol. The van der Waals surface area contributed by atoms with Gasteiger partial charge < -0.3 is 0 Å². The molecule has 0 amide bonds. The lowest BCUT2D eigenvalue weighted by molar-refractivity contribution is 0.112. The van der Waals surface area contributed by atoms with Gasteiger partial charge in [-0.15, -0.1) is 0 Å². The SMILES string of the molecule is O=Cc1ccc(N2N=C(c3ccc(Cl)cc3)CC2c2cn(-c3ccccc3)nc2-c2ccccc2)cc1. The maximum absolute atomic E-state index is 11.3. The summed E-state index contributed by atoms with van der Waals surface area (Å²) < 4.78 is 1.94. The van der Waals surface area contributed by atoms with Gasteiger partial charge in [0.05, 0.1) is 28.8 Å². The van der Waals surface area contributed by atoms with Gasteiger partial charge in [-0.2, -0.15) is 10.2 Å². The fourth-order valence-corrected chi connectivity index (χ4v) is 4.80. The number of nitrogens with zero attached hydrogens (tertiary/aromatic N) is 4. The Balaban J connectivity index is 1.49. The molecule has 0 radical (unpaired) electrons. The average molecular weight is 503 g/mol. The van der Waals surface area contributed by atoms with Crippen LogP contribution in [0.25, 0.3) is 16.9 Å². The Morgan fingerprint density at radius 2 is 1.43 bits per heavy atom. The molecule has 4 aromatic carbocycles. The number of hydrogen-bond donors (Lipinski definition) is 0. The molecule has 1 aliphatic heterocycles. The molecule has 0 saturated carbocycles. The van der Waals surface area contributed by atoms with Gasteiger partial charge in [-0.25, -0.2) is 4.68 Å². The van der Waals surface area contributed by atoms with Gasteiger partial charge in [-0.05, 0) is 54.1 Å². The molecule has 0 N–H and O–H groups in total. The summed E-state index contributed by atoms with van der Waals surface area (Å²) in [6.45, 7) is 0. The summed E-state index contributed by atoms with van der Waals surface area (Å²) >= 11 is 6.16. The number of carbonyl (C=O) groups is 1. The Labute approximate surface area is 220 Å². The van der Waals surface area contributed by atoms with Gasteiger partial charge in [0.1, 0.15) is 6.29 Å². The molecular formula is C31H23ClN4O. The topological polar surface area (TPSA) is 50.5 Å². The number of carbonyl (C=O) groups excluding carboxylic acids is 1. The molecule has 6 rings (SSSR count). The lowest BCUT2D eigenvalue weighted by atomic mass is 9.96. The molecule has 1 aromatic heterocycles. The van der Waals surface area contributed by atoms with E-state index in [0.717, 1.165) is 45.8 Å². The lowest BCUT2D eigenvalue weighted by Crippen LogP contribution is -2.18. The fourth-order valence-electron chi connectivity index (χ4n) is 4.68. The van der Waals surface area contributed by atoms with Gasteiger partial charge in [-0.3, -0.25) is 9.80 Å². The second-order valence-corrected chi connectivity index (χ2v) is 9.34. The zero-order chi connectivity index (χ0) is 25.2. The number of hydrazone groups is 1. The minimum atomic E-state index is -0.0968. The molecule has 5 nitrogen and oxygen atoms in total. The lowest BCUT2D eigenvalue weighted by Gasteiger charge is -2.24. The first-order valence-corrected chi connectivity index (χ1v) is 12.5. The third-order valence-electron chi connectivity index (χ3n) is 6.55. The van der Waals surface area contributed by atoms with E-state index in [2.05, 4.69) is 18.3 Å². The van der Waals surface area contributed by atoms with Crippen molar-refractivity contribution in [1.82, 2.24) is 9.78 Å². The second-order valence-electron chi connectivity index (χ2n) is 8.91. The van der Waals surface area contributed by atoms with E-state index in [1.165, 1.54) is 0 Å². The first-order valence-electron chi connectivity index (χ1n) is 12.1. The third kappa shape index (κ3) is 4.57. The Kier molecular flexibility index (Phi) is 6.13. The average Bonchev–Trinajstić information content (AvgIpc) is 3.60. The predicted molar refractivity (Wildman–Crippen MR) is 149 cm³/mol. The van der Waals surface area contributed by atoms with Gasteiger partial charge in [0.15, 0.2) is 0 Å². The molecule has 0 saturated heterocycles. The Morgan fingerprint density at radius 1 is 0.757 bits per heavy atom. The molecule has 2 heterocycles. The summed E-state index contributed by atoms with van der Waals surface area (Å²) in [5.41, 5.74) is 7.55. The fraction of sp³-hybridized carbons (Fsp3) is 0.0645. The van der Waals surface area contributed by atoms with Crippen LogP contribution in [-0.4, -0.2) is 21.8 Å². The standard InChI is InChI=1S/C31H23ClN4O/c32-25-15-13-23(14-16-25)29-19-30(36(33-29)27-17-11-22(21-37)12-18-27)28-20-35(26-9-5-2-6-10-26)34-31(28)24-7-3-1-4-8-24/h1-18,20-21,30H,19H2. The van der Waals surface area contributed by atoms with Crippen LogP contribution in [0.1, 0.15) is 33.9 Å². The van der Waals surface area contributed by atoms with Crippen molar-refractivity contribution in [2.45, 2.75) is 12.5 Å². The van der Waals surface area contributed by atoms with Crippen LogP contribution in [0.4, 0.5) is 5.69 Å². The van der Waals surface area contributed by atoms with E-state index < -0.39 is 0 Å². The normalized spacial score (nSPS) is 15.0. The van der Waals surface area contributed by atoms with Gasteiger partial charge in [0.25, 0.3) is 0 Å². The highest BCUT2D eigenvalue weighted by Crippen LogP contribution is 2.41. The number of rotatable bonds is 6. The molecule has 0 aliphatic carbocycles. The zero-order valence-corrected chi connectivity index (χ0v) is 20.7. The number of aldehydes is 1. The van der Waals surface area contributed by atoms with Crippen LogP contribution in [0, 0.1) is 0 Å². The molecule has 0 bridgehead atoms. The number of halogens is 1. The van der Waals surface area contributed by atoms with Crippen LogP contribution in [0.5, 0.6) is 0 Å². The summed E-state index contributed by atoms with van der Waals surface area (Å²) in [6, 6.07) is 35.6. The maximum atomic E-state index is 11.3. The Hall–Kier alpha value is -4.48. The maximum Gasteiger partial charge on any atom is 0.150 e. The van der Waals surface area contributed by atoms with Crippen molar-refractivity contribution < 1.29 is 4.79 Å². The third-order valence-corrected chi connectivity index (χ3v) is 6.80. The Morgan fingerprint density at radius 3 is 2.11 bits per heavy atom. The molecule has 1 unspecified atom stereocenters. The van der Waals surface area contributed by atoms with Crippen LogP contribution in [0.15, 0.2) is 120 Å². The second kappa shape index (κ2) is 9.88. The molecule has 0 spiro atoms. The van der Waals surface area contributed by atoms with Crippen molar-refractivity contribution in [3.8, 4) is 16.9 Å². The quantitative estimate of drug-likeness (QED) is 0.228. The molecule has 0 fully saturated rings. The molecule has 180 valence electrons. The molecular weight excluding hydrogens is 480 g/mol. The molecule has 5 aromatic rings. The summed E-state index contributed by atoms with van der Waals surface area (Å²) in [6.07, 6.45) is 3.65. The van der Waals surface area contributed by atoms with Crippen molar-refractivity contribution in [2.24, 2.45) is 5.10 Å². The van der Waals surface area contributed by atoms with Crippen molar-refractivity contribution in [3.05, 3.63) is 137 Å². The van der Waals surface area contributed by atoms with Crippen LogP contribution in [-0.2, 0) is 0 Å². The summed E-state index contributed by atoms with van der Waals surface area (Å²) in [5, 5.41) is 12.8. The minimum absolute atomic E-state index is 0.0968. The van der Waals surface area contributed by atoms with Crippen molar-refractivity contribution in [2.75, 3.05) is 5.01 Å². The minimum Gasteiger partial charge on any atom is -0.298 e. The van der Waals surface area contributed by atoms with E-state index in [0.29, 0.717) is 17.0 Å². The number of hydrogen-bond acceptors (Lipinski definition) is 4. The van der Waals surface area contributed by atoms with Crippen LogP contribution < -0.4 is 5.01 Å². The van der Waals surface area contributed by atoms with Crippen molar-refractivity contribution in [3.63, 3.8) is 0 Å². The highest BCUT2D eigenvalue weighted by atomic mass is 35.5. The highest BCUT2D eigenvalue weighted by molar-refractivity contribution is 6.30. The van der Waals surface area contributed by atoms with Gasteiger partial charge in [-0.1, -0.05) is 72.3 Å². The van der Waals surface area contributed by atoms with E-state index in [1.807, 2.05) is 107 Å². The smallest absolute Gasteiger partial charge is 0.150 e. The predicted octanol–water partition coefficient (Wildman–Crippen LogP) is 7.36. The zero-order valence-electron chi connectivity index (χ0n) is 19.9. The van der Waals surface area contributed by atoms with Gasteiger partial charge in [0, 0.05) is 34.3 Å². The van der Waals surface area contributed by atoms with E-state index in [1.54, 1.807) is 0 Å². The molecule has 1 aliphatic rings. The number of anilines is 1. The van der Waals surface area contributed by atoms with Crippen LogP contribution in [0.2, 0.25) is 5.02 Å². The van der Waals surface area contributed by atoms with E-state index >= 15 is 0 Å². The van der Waals surface area contributed by atoms with E-state index in [-0.39, 0.29) is 6.04 Å². The largest absolute Gasteiger partial charge is 0.298 e. The highest BCUT2D eigenvalue weighted by Gasteiger charge is 2.33. The van der Waals surface area contributed by atoms with Crippen molar-refractivity contribution in [1.29, 1.82) is 0 Å². The van der Waals surface area contributed by atoms with Crippen molar-refractivity contribution >= 4 is 29.3 Å². The first-order chi connectivity index (χ1) is 18.2. The van der Waals surface area contributed by atoms with Gasteiger partial charge >= 0.3 is 0 Å². The summed E-state index contributed by atoms with van der Waals surface area (Å²) in [4.78, 5) is 11.3. The first kappa shape index (κ1) is 23.0. The van der Waals surface area contributed by atoms with Crippen LogP contribution in [0.3, 0.4) is 0 Å². The molecule has 37 heavy (non-hydrogen) atoms. The molecule has 1 atom stereocenters. The molecule has 6 heteroatoms. The summed E-state index contributed by atoms with van der Waals surface area (Å²) in [5.74, 6) is 0. The number of para-hydroxylation sites is 1. The Bertz CT molecular complexity index is 1560. The van der Waals surface area contributed by atoms with E-state index in [9.17, 15) is 4.79 Å². The number of benzene rings is 4.